The van der Waals surface area contributed by atoms with E-state index in [2.05, 4.69) is 15.5 Å². The number of anilines is 1. The van der Waals surface area contributed by atoms with Crippen molar-refractivity contribution in [2.24, 2.45) is 0 Å². The highest BCUT2D eigenvalue weighted by Gasteiger charge is 2.14. The first-order chi connectivity index (χ1) is 10.6. The topological polar surface area (TPSA) is 78.0 Å². The maximum atomic E-state index is 12.1. The number of nitrogens with zero attached hydrogens (tertiary/aromatic N) is 1. The van der Waals surface area contributed by atoms with Gasteiger partial charge in [-0.15, -0.1) is 0 Å². The molecular formula is C17H17N3O2. The van der Waals surface area contributed by atoms with Gasteiger partial charge in [0.2, 0.25) is 5.91 Å². The van der Waals surface area contributed by atoms with Gasteiger partial charge in [-0.1, -0.05) is 30.3 Å². The van der Waals surface area contributed by atoms with Crippen LogP contribution in [0, 0.1) is 6.92 Å². The van der Waals surface area contributed by atoms with Gasteiger partial charge in [0.1, 0.15) is 0 Å². The number of hydrogen-bond acceptors (Lipinski definition) is 3. The Morgan fingerprint density at radius 2 is 2.09 bits per heavy atom. The van der Waals surface area contributed by atoms with Crippen LogP contribution in [0.4, 0.5) is 5.69 Å². The fourth-order valence-electron chi connectivity index (χ4n) is 2.41. The second kappa shape index (κ2) is 5.99. The Bertz CT molecular complexity index is 796. The number of rotatable bonds is 4. The fraction of sp³-hybridized carbons (Fsp3) is 0.176. The first kappa shape index (κ1) is 14.3. The normalized spacial score (nSPS) is 12.3. The molecule has 112 valence electrons. The van der Waals surface area contributed by atoms with Crippen LogP contribution in [0.5, 0.6) is 0 Å². The number of aliphatic hydroxyl groups is 1. The number of aromatic amines is 1. The number of aliphatic hydroxyl groups excluding tert-OH is 1. The minimum absolute atomic E-state index is 0.0183. The molecular weight excluding hydrogens is 278 g/mol. The minimum atomic E-state index is -0.808. The summed E-state index contributed by atoms with van der Waals surface area (Å²) in [5.41, 5.74) is 3.28. The Morgan fingerprint density at radius 3 is 2.86 bits per heavy atom. The number of amides is 1. The molecule has 0 spiro atoms. The van der Waals surface area contributed by atoms with E-state index in [1.54, 1.807) is 18.3 Å². The van der Waals surface area contributed by atoms with Gasteiger partial charge in [-0.3, -0.25) is 9.89 Å². The number of hydrogen-bond donors (Lipinski definition) is 3. The number of nitrogens with one attached hydrogen (secondary N) is 2. The molecule has 0 aliphatic rings. The fourth-order valence-corrected chi connectivity index (χ4v) is 2.41. The van der Waals surface area contributed by atoms with E-state index in [9.17, 15) is 9.90 Å². The third-order valence-corrected chi connectivity index (χ3v) is 3.62. The summed E-state index contributed by atoms with van der Waals surface area (Å²) < 4.78 is 0. The molecule has 22 heavy (non-hydrogen) atoms. The summed E-state index contributed by atoms with van der Waals surface area (Å²) in [6, 6.07) is 13.0. The van der Waals surface area contributed by atoms with Gasteiger partial charge in [-0.05, 0) is 30.2 Å². The summed E-state index contributed by atoms with van der Waals surface area (Å²) >= 11 is 0. The highest BCUT2D eigenvalue weighted by molar-refractivity contribution is 5.94. The van der Waals surface area contributed by atoms with Crippen molar-refractivity contribution < 1.29 is 9.90 Å². The van der Waals surface area contributed by atoms with Crippen molar-refractivity contribution in [1.29, 1.82) is 0 Å². The van der Waals surface area contributed by atoms with Crippen molar-refractivity contribution >= 4 is 22.5 Å². The van der Waals surface area contributed by atoms with Gasteiger partial charge >= 0.3 is 0 Å². The van der Waals surface area contributed by atoms with Crippen molar-refractivity contribution in [2.45, 2.75) is 19.4 Å². The van der Waals surface area contributed by atoms with Gasteiger partial charge in [0.15, 0.2) is 0 Å². The second-order valence-corrected chi connectivity index (χ2v) is 5.30. The Morgan fingerprint density at radius 1 is 1.32 bits per heavy atom. The summed E-state index contributed by atoms with van der Waals surface area (Å²) in [4.78, 5) is 12.1. The standard InChI is InChI=1S/C17H17N3O2/c1-11-7-13-10-18-20-15(13)8-14(11)19-17(22)9-16(21)12-5-3-2-4-6-12/h2-8,10,16,21H,9H2,1H3,(H,18,20)(H,19,22). The molecule has 0 aliphatic carbocycles. The average molecular weight is 295 g/mol. The van der Waals surface area contributed by atoms with Crippen LogP contribution < -0.4 is 5.32 Å². The van der Waals surface area contributed by atoms with Crippen LogP contribution in [0.15, 0.2) is 48.7 Å². The third-order valence-electron chi connectivity index (χ3n) is 3.62. The van der Waals surface area contributed by atoms with Crippen LogP contribution >= 0.6 is 0 Å². The van der Waals surface area contributed by atoms with E-state index in [1.165, 1.54) is 0 Å². The molecule has 3 aromatic rings. The second-order valence-electron chi connectivity index (χ2n) is 5.30. The van der Waals surface area contributed by atoms with Crippen molar-refractivity contribution in [3.05, 3.63) is 59.8 Å². The summed E-state index contributed by atoms with van der Waals surface area (Å²) in [7, 11) is 0. The molecule has 0 aliphatic heterocycles. The van der Waals surface area contributed by atoms with Crippen molar-refractivity contribution in [2.75, 3.05) is 5.32 Å². The molecule has 5 nitrogen and oxygen atoms in total. The highest BCUT2D eigenvalue weighted by Crippen LogP contribution is 2.23. The zero-order valence-corrected chi connectivity index (χ0v) is 12.2. The molecule has 0 radical (unpaired) electrons. The van der Waals surface area contributed by atoms with E-state index in [4.69, 9.17) is 0 Å². The SMILES string of the molecule is Cc1cc2cn[nH]c2cc1NC(=O)CC(O)c1ccccc1. The number of fused-ring (bicyclic) bond motifs is 1. The maximum Gasteiger partial charge on any atom is 0.227 e. The van der Waals surface area contributed by atoms with Crippen LogP contribution in [-0.4, -0.2) is 21.2 Å². The van der Waals surface area contributed by atoms with Gasteiger partial charge in [0.05, 0.1) is 24.2 Å². The number of aryl methyl sites for hydroxylation is 1. The van der Waals surface area contributed by atoms with Crippen LogP contribution in [0.1, 0.15) is 23.7 Å². The smallest absolute Gasteiger partial charge is 0.227 e. The monoisotopic (exact) mass is 295 g/mol. The first-order valence-corrected chi connectivity index (χ1v) is 7.10. The maximum absolute atomic E-state index is 12.1. The molecule has 1 heterocycles. The molecule has 1 atom stereocenters. The summed E-state index contributed by atoms with van der Waals surface area (Å²) in [6.07, 6.45) is 0.953. The number of benzene rings is 2. The molecule has 0 fully saturated rings. The molecule has 3 rings (SSSR count). The Labute approximate surface area is 128 Å². The third kappa shape index (κ3) is 2.99. The number of aromatic nitrogens is 2. The molecule has 2 aromatic carbocycles. The average Bonchev–Trinajstić information content (AvgIpc) is 2.95. The minimum Gasteiger partial charge on any atom is -0.388 e. The zero-order chi connectivity index (χ0) is 15.5. The van der Waals surface area contributed by atoms with E-state index < -0.39 is 6.10 Å². The van der Waals surface area contributed by atoms with E-state index >= 15 is 0 Å². The quantitative estimate of drug-likeness (QED) is 0.692. The van der Waals surface area contributed by atoms with E-state index in [-0.39, 0.29) is 12.3 Å². The predicted molar refractivity (Wildman–Crippen MR) is 85.5 cm³/mol. The van der Waals surface area contributed by atoms with Crippen LogP contribution in [0.2, 0.25) is 0 Å². The van der Waals surface area contributed by atoms with Gasteiger partial charge in [-0.2, -0.15) is 5.10 Å². The van der Waals surface area contributed by atoms with Crippen molar-refractivity contribution in [3.8, 4) is 0 Å². The Balaban J connectivity index is 1.71. The van der Waals surface area contributed by atoms with Gasteiger partial charge in [0.25, 0.3) is 0 Å². The summed E-state index contributed by atoms with van der Waals surface area (Å²) in [6.45, 7) is 1.93. The number of carbonyl (C=O) groups is 1. The highest BCUT2D eigenvalue weighted by atomic mass is 16.3. The largest absolute Gasteiger partial charge is 0.388 e. The lowest BCUT2D eigenvalue weighted by atomic mass is 10.1. The van der Waals surface area contributed by atoms with E-state index in [0.717, 1.165) is 27.7 Å². The summed E-state index contributed by atoms with van der Waals surface area (Å²) in [5, 5.41) is 20.8. The van der Waals surface area contributed by atoms with Crippen LogP contribution in [0.25, 0.3) is 10.9 Å². The van der Waals surface area contributed by atoms with Crippen LogP contribution in [-0.2, 0) is 4.79 Å². The predicted octanol–water partition coefficient (Wildman–Crippen LogP) is 2.93. The lowest BCUT2D eigenvalue weighted by Crippen LogP contribution is -2.16. The Hall–Kier alpha value is -2.66. The molecule has 0 bridgehead atoms. The lowest BCUT2D eigenvalue weighted by molar-refractivity contribution is -0.118. The van der Waals surface area contributed by atoms with Gasteiger partial charge in [0, 0.05) is 11.1 Å². The number of H-pyrrole nitrogens is 1. The first-order valence-electron chi connectivity index (χ1n) is 7.10. The zero-order valence-electron chi connectivity index (χ0n) is 12.2. The van der Waals surface area contributed by atoms with E-state index in [0.29, 0.717) is 0 Å². The number of carbonyl (C=O) groups excluding carboxylic acids is 1. The van der Waals surface area contributed by atoms with E-state index in [1.807, 2.05) is 37.3 Å². The lowest BCUT2D eigenvalue weighted by Gasteiger charge is -2.12. The van der Waals surface area contributed by atoms with Crippen molar-refractivity contribution in [3.63, 3.8) is 0 Å². The Kier molecular flexibility index (Phi) is 3.89. The summed E-state index contributed by atoms with van der Waals surface area (Å²) in [5.74, 6) is -0.224. The van der Waals surface area contributed by atoms with Crippen LogP contribution in [0.3, 0.4) is 0 Å². The molecule has 0 saturated carbocycles. The molecule has 1 amide bonds. The van der Waals surface area contributed by atoms with Gasteiger partial charge in [-0.25, -0.2) is 0 Å². The molecule has 1 aromatic heterocycles. The molecule has 0 saturated heterocycles. The molecule has 5 heteroatoms. The van der Waals surface area contributed by atoms with Crippen molar-refractivity contribution in [1.82, 2.24) is 10.2 Å². The van der Waals surface area contributed by atoms with Gasteiger partial charge < -0.3 is 10.4 Å². The molecule has 1 unspecified atom stereocenters. The molecule has 3 N–H and O–H groups in total.